The van der Waals surface area contributed by atoms with Gasteiger partial charge in [0.1, 0.15) is 0 Å². The van der Waals surface area contributed by atoms with E-state index in [2.05, 4.69) is 205 Å². The number of rotatable bonds is 7. The van der Waals surface area contributed by atoms with Gasteiger partial charge in [0.25, 0.3) is 0 Å². The normalized spacial score (nSPS) is 12.6. The highest BCUT2D eigenvalue weighted by Crippen LogP contribution is 2.58. The fraction of sp³-hybridized carbons (Fsp3) is 0.0167. The molecule has 0 spiro atoms. The van der Waals surface area contributed by atoms with E-state index in [1.807, 2.05) is 30.5 Å². The highest BCUT2D eigenvalue weighted by atomic mass is 14.9. The van der Waals surface area contributed by atoms with E-state index in [4.69, 9.17) is 9.97 Å². The van der Waals surface area contributed by atoms with E-state index in [1.165, 1.54) is 60.7 Å². The predicted octanol–water partition coefficient (Wildman–Crippen LogP) is 14.9. The average Bonchev–Trinajstić information content (AvgIpc) is 3.68. The van der Waals surface area contributed by atoms with Crippen molar-refractivity contribution in [3.63, 3.8) is 0 Å². The van der Waals surface area contributed by atoms with Crippen molar-refractivity contribution in [2.45, 2.75) is 5.41 Å². The molecule has 1 aliphatic carbocycles. The van der Waals surface area contributed by atoms with E-state index >= 15 is 0 Å². The maximum atomic E-state index is 5.27. The first-order valence-corrected chi connectivity index (χ1v) is 21.5. The van der Waals surface area contributed by atoms with Crippen molar-refractivity contribution in [3.8, 4) is 67.3 Å². The number of pyridine rings is 1. The molecule has 0 N–H and O–H groups in total. The second kappa shape index (κ2) is 15.0. The van der Waals surface area contributed by atoms with E-state index in [-0.39, 0.29) is 0 Å². The fourth-order valence-corrected chi connectivity index (χ4v) is 10.0. The third-order valence-corrected chi connectivity index (χ3v) is 12.9. The Hall–Kier alpha value is -8.27. The molecule has 0 unspecified atom stereocenters. The van der Waals surface area contributed by atoms with Crippen LogP contribution >= 0.6 is 0 Å². The van der Waals surface area contributed by atoms with Gasteiger partial charge < -0.3 is 0 Å². The summed E-state index contributed by atoms with van der Waals surface area (Å²) < 4.78 is 0. The Kier molecular flexibility index (Phi) is 8.72. The monoisotopic (exact) mass is 801 g/mol. The van der Waals surface area contributed by atoms with Crippen molar-refractivity contribution in [2.75, 3.05) is 0 Å². The summed E-state index contributed by atoms with van der Waals surface area (Å²) in [6, 6.07) is 81.1. The summed E-state index contributed by atoms with van der Waals surface area (Å²) in [5.41, 5.74) is 16.6. The maximum Gasteiger partial charge on any atom is 0.160 e. The summed E-state index contributed by atoms with van der Waals surface area (Å²) in [5.74, 6) is 0.692. The molecule has 0 aliphatic heterocycles. The molecule has 0 atom stereocenters. The van der Waals surface area contributed by atoms with Crippen molar-refractivity contribution in [1.82, 2.24) is 15.0 Å². The fourth-order valence-electron chi connectivity index (χ4n) is 10.0. The van der Waals surface area contributed by atoms with Crippen LogP contribution in [0.3, 0.4) is 0 Å². The van der Waals surface area contributed by atoms with Crippen LogP contribution in [0, 0.1) is 0 Å². The maximum absolute atomic E-state index is 5.27. The Bertz CT molecular complexity index is 3430. The predicted molar refractivity (Wildman–Crippen MR) is 259 cm³/mol. The van der Waals surface area contributed by atoms with Gasteiger partial charge in [0.05, 0.1) is 16.8 Å². The van der Waals surface area contributed by atoms with Gasteiger partial charge in [0, 0.05) is 29.1 Å². The van der Waals surface area contributed by atoms with Crippen LogP contribution in [-0.2, 0) is 5.41 Å². The molecular weight excluding hydrogens is 763 g/mol. The molecule has 2 aromatic heterocycles. The molecule has 9 aromatic carbocycles. The Morgan fingerprint density at radius 3 is 1.62 bits per heavy atom. The Labute approximate surface area is 366 Å². The molecule has 3 nitrogen and oxygen atoms in total. The van der Waals surface area contributed by atoms with Gasteiger partial charge in [-0.1, -0.05) is 206 Å². The van der Waals surface area contributed by atoms with Gasteiger partial charge in [-0.25, -0.2) is 9.97 Å². The van der Waals surface area contributed by atoms with Crippen molar-refractivity contribution >= 4 is 21.5 Å². The molecule has 1 aliphatic rings. The number of hydrogen-bond donors (Lipinski definition) is 0. The van der Waals surface area contributed by atoms with Crippen LogP contribution in [0.25, 0.3) is 88.8 Å². The van der Waals surface area contributed by atoms with Crippen LogP contribution in [0.5, 0.6) is 0 Å². The van der Waals surface area contributed by atoms with Gasteiger partial charge in [-0.05, 0) is 95.4 Å². The zero-order valence-electron chi connectivity index (χ0n) is 34.4. The molecule has 0 radical (unpaired) electrons. The minimum absolute atomic E-state index is 0.484. The van der Waals surface area contributed by atoms with Crippen LogP contribution in [0.1, 0.15) is 22.3 Å². The topological polar surface area (TPSA) is 38.7 Å². The van der Waals surface area contributed by atoms with Gasteiger partial charge in [0.2, 0.25) is 0 Å². The molecule has 3 heteroatoms. The number of aromatic nitrogens is 3. The molecule has 11 aromatic rings. The SMILES string of the molecule is c1ccc(-c2nc(-c3ccc(-c4cccnc4)cc3)cc(-c3ccc(-c4ccc5c(c4)-c4c(ccc6ccccc46)C5(c4ccccc4)c4ccccc4)c4ccccc34)n2)cc1. The van der Waals surface area contributed by atoms with Crippen LogP contribution in [0.2, 0.25) is 0 Å². The zero-order valence-corrected chi connectivity index (χ0v) is 34.4. The second-order valence-electron chi connectivity index (χ2n) is 16.3. The van der Waals surface area contributed by atoms with Gasteiger partial charge in [-0.15, -0.1) is 0 Å². The second-order valence-corrected chi connectivity index (χ2v) is 16.3. The number of nitrogens with zero attached hydrogens (tertiary/aromatic N) is 3. The largest absolute Gasteiger partial charge is 0.264 e. The van der Waals surface area contributed by atoms with Crippen LogP contribution in [0.4, 0.5) is 0 Å². The van der Waals surface area contributed by atoms with E-state index in [0.29, 0.717) is 5.82 Å². The molecule has 12 rings (SSSR count). The molecule has 0 amide bonds. The molecule has 294 valence electrons. The number of hydrogen-bond acceptors (Lipinski definition) is 3. The smallest absolute Gasteiger partial charge is 0.160 e. The minimum atomic E-state index is -0.484. The van der Waals surface area contributed by atoms with Crippen molar-refractivity contribution in [2.24, 2.45) is 0 Å². The summed E-state index contributed by atoms with van der Waals surface area (Å²) in [4.78, 5) is 14.7. The first-order chi connectivity index (χ1) is 31.2. The lowest BCUT2D eigenvalue weighted by Crippen LogP contribution is -2.28. The minimum Gasteiger partial charge on any atom is -0.264 e. The summed E-state index contributed by atoms with van der Waals surface area (Å²) in [6.45, 7) is 0. The van der Waals surface area contributed by atoms with E-state index in [1.54, 1.807) is 6.20 Å². The van der Waals surface area contributed by atoms with Crippen molar-refractivity contribution < 1.29 is 0 Å². The van der Waals surface area contributed by atoms with Gasteiger partial charge in [-0.3, -0.25) is 4.98 Å². The summed E-state index contributed by atoms with van der Waals surface area (Å²) in [7, 11) is 0. The van der Waals surface area contributed by atoms with E-state index in [0.717, 1.165) is 44.6 Å². The Morgan fingerprint density at radius 1 is 0.333 bits per heavy atom. The van der Waals surface area contributed by atoms with E-state index in [9.17, 15) is 0 Å². The third-order valence-electron chi connectivity index (χ3n) is 12.9. The Balaban J connectivity index is 1.04. The van der Waals surface area contributed by atoms with Crippen LogP contribution in [-0.4, -0.2) is 15.0 Å². The Morgan fingerprint density at radius 2 is 0.905 bits per heavy atom. The number of benzene rings is 9. The quantitative estimate of drug-likeness (QED) is 0.161. The molecule has 0 bridgehead atoms. The summed E-state index contributed by atoms with van der Waals surface area (Å²) >= 11 is 0. The highest BCUT2D eigenvalue weighted by molar-refractivity contribution is 6.08. The van der Waals surface area contributed by atoms with Crippen LogP contribution < -0.4 is 0 Å². The molecule has 0 saturated carbocycles. The first kappa shape index (κ1) is 36.6. The van der Waals surface area contributed by atoms with Crippen molar-refractivity contribution in [1.29, 1.82) is 0 Å². The zero-order chi connectivity index (χ0) is 41.7. The van der Waals surface area contributed by atoms with E-state index < -0.39 is 5.41 Å². The number of fused-ring (bicyclic) bond motifs is 6. The highest BCUT2D eigenvalue weighted by Gasteiger charge is 2.46. The average molecular weight is 802 g/mol. The molecule has 2 heterocycles. The molecular formula is C60H39N3. The molecule has 63 heavy (non-hydrogen) atoms. The summed E-state index contributed by atoms with van der Waals surface area (Å²) in [5, 5.41) is 4.82. The molecule has 0 saturated heterocycles. The van der Waals surface area contributed by atoms with Crippen molar-refractivity contribution in [3.05, 3.63) is 259 Å². The lowest BCUT2D eigenvalue weighted by molar-refractivity contribution is 0.769. The first-order valence-electron chi connectivity index (χ1n) is 21.5. The van der Waals surface area contributed by atoms with Gasteiger partial charge in [0.15, 0.2) is 5.82 Å². The van der Waals surface area contributed by atoms with Gasteiger partial charge >= 0.3 is 0 Å². The molecule has 0 fully saturated rings. The standard InChI is InChI=1S/C60H39N3/c1-4-16-43(17-5-1)59-62-56(42-28-26-40(27-29-42)45-18-14-36-61-39-45)38-57(63-59)52-33-32-48(50-24-12-13-25-51(50)52)44-31-34-54-53(37-44)58-49-23-11-10-15-41(49)30-35-55(58)60(54,46-19-6-2-7-20-46)47-21-8-3-9-22-47/h1-39H. The van der Waals surface area contributed by atoms with Gasteiger partial charge in [-0.2, -0.15) is 0 Å². The lowest BCUT2D eigenvalue weighted by atomic mass is 9.67. The third kappa shape index (κ3) is 6.01. The summed E-state index contributed by atoms with van der Waals surface area (Å²) in [6.07, 6.45) is 3.70. The van der Waals surface area contributed by atoms with Crippen LogP contribution in [0.15, 0.2) is 237 Å². The lowest BCUT2D eigenvalue weighted by Gasteiger charge is -2.34.